The molecule has 0 saturated heterocycles. The quantitative estimate of drug-likeness (QED) is 0.793. The molecule has 0 bridgehead atoms. The third kappa shape index (κ3) is 2.58. The molecule has 0 unspecified atom stereocenters. The maximum Gasteiger partial charge on any atom is 0.280 e. The standard InChI is InChI=1S/C11H10N2O3S3/c1-3-6-13(11-12-5-8-18-11)19(14,15)10-9(16-2)4-7-17-10/h1,4-5,7-8H,6H2,2H3. The minimum atomic E-state index is -3.75. The molecule has 0 aromatic carbocycles. The lowest BCUT2D eigenvalue weighted by Crippen LogP contribution is -2.31. The zero-order valence-corrected chi connectivity index (χ0v) is 12.4. The van der Waals surface area contributed by atoms with Gasteiger partial charge in [-0.3, -0.25) is 0 Å². The van der Waals surface area contributed by atoms with E-state index < -0.39 is 10.0 Å². The summed E-state index contributed by atoms with van der Waals surface area (Å²) in [5.74, 6) is 2.65. The number of anilines is 1. The topological polar surface area (TPSA) is 59.5 Å². The minimum absolute atomic E-state index is 0.0725. The van der Waals surface area contributed by atoms with Gasteiger partial charge in [0.05, 0.1) is 13.7 Å². The Morgan fingerprint density at radius 3 is 2.84 bits per heavy atom. The molecule has 0 aliphatic heterocycles. The maximum atomic E-state index is 12.6. The first kappa shape index (κ1) is 13.9. The zero-order chi connectivity index (χ0) is 13.9. The van der Waals surface area contributed by atoms with Crippen molar-refractivity contribution in [1.82, 2.24) is 4.98 Å². The van der Waals surface area contributed by atoms with Gasteiger partial charge < -0.3 is 4.74 Å². The molecule has 0 spiro atoms. The molecular formula is C11H10N2O3S3. The lowest BCUT2D eigenvalue weighted by molar-refractivity contribution is 0.406. The second kappa shape index (κ2) is 5.61. The van der Waals surface area contributed by atoms with E-state index in [9.17, 15) is 8.42 Å². The van der Waals surface area contributed by atoms with Crippen LogP contribution in [0.15, 0.2) is 27.2 Å². The van der Waals surface area contributed by atoms with Crippen LogP contribution in [0.2, 0.25) is 0 Å². The molecule has 0 aliphatic rings. The molecule has 5 nitrogen and oxygen atoms in total. The summed E-state index contributed by atoms with van der Waals surface area (Å²) >= 11 is 2.30. The van der Waals surface area contributed by atoms with Gasteiger partial charge in [0.15, 0.2) is 9.34 Å². The molecule has 100 valence electrons. The van der Waals surface area contributed by atoms with Crippen LogP contribution in [0, 0.1) is 12.3 Å². The molecule has 0 N–H and O–H groups in total. The number of thiophene rings is 1. The van der Waals surface area contributed by atoms with Crippen molar-refractivity contribution in [2.24, 2.45) is 0 Å². The van der Waals surface area contributed by atoms with Crippen LogP contribution in [-0.2, 0) is 10.0 Å². The first-order valence-electron chi connectivity index (χ1n) is 5.08. The summed E-state index contributed by atoms with van der Waals surface area (Å²) < 4.78 is 31.5. The minimum Gasteiger partial charge on any atom is -0.494 e. The summed E-state index contributed by atoms with van der Waals surface area (Å²) in [6.07, 6.45) is 6.78. The number of ether oxygens (including phenoxy) is 1. The number of terminal acetylenes is 1. The van der Waals surface area contributed by atoms with Crippen LogP contribution in [0.5, 0.6) is 5.75 Å². The van der Waals surface area contributed by atoms with E-state index in [0.717, 1.165) is 15.6 Å². The van der Waals surface area contributed by atoms with Gasteiger partial charge in [-0.25, -0.2) is 9.29 Å². The summed E-state index contributed by atoms with van der Waals surface area (Å²) in [7, 11) is -2.33. The molecule has 0 atom stereocenters. The fourth-order valence-corrected chi connectivity index (χ4v) is 4.98. The van der Waals surface area contributed by atoms with Crippen molar-refractivity contribution in [3.8, 4) is 18.1 Å². The third-order valence-corrected chi connectivity index (χ3v) is 6.28. The molecule has 0 amide bonds. The first-order chi connectivity index (χ1) is 9.11. The normalized spacial score (nSPS) is 10.9. The van der Waals surface area contributed by atoms with Crippen LogP contribution in [0.1, 0.15) is 0 Å². The zero-order valence-electron chi connectivity index (χ0n) is 9.94. The molecule has 2 aromatic heterocycles. The Balaban J connectivity index is 2.50. The van der Waals surface area contributed by atoms with Crippen molar-refractivity contribution in [3.05, 3.63) is 23.0 Å². The van der Waals surface area contributed by atoms with Crippen LogP contribution in [0.25, 0.3) is 0 Å². The number of nitrogens with zero attached hydrogens (tertiary/aromatic N) is 2. The summed E-state index contributed by atoms with van der Waals surface area (Å²) in [5, 5.41) is 3.69. The Labute approximate surface area is 119 Å². The van der Waals surface area contributed by atoms with E-state index in [0.29, 0.717) is 10.9 Å². The monoisotopic (exact) mass is 314 g/mol. The Morgan fingerprint density at radius 1 is 1.47 bits per heavy atom. The number of aromatic nitrogens is 1. The summed E-state index contributed by atoms with van der Waals surface area (Å²) in [5.41, 5.74) is 0. The Hall–Kier alpha value is -1.56. The highest BCUT2D eigenvalue weighted by Gasteiger charge is 2.30. The van der Waals surface area contributed by atoms with Gasteiger partial charge in [-0.2, -0.15) is 8.42 Å². The van der Waals surface area contributed by atoms with Crippen molar-refractivity contribution in [3.63, 3.8) is 0 Å². The Morgan fingerprint density at radius 2 is 2.26 bits per heavy atom. The summed E-state index contributed by atoms with van der Waals surface area (Å²) in [6, 6.07) is 1.60. The number of hydrogen-bond donors (Lipinski definition) is 0. The van der Waals surface area contributed by atoms with E-state index in [1.54, 1.807) is 16.8 Å². The van der Waals surface area contributed by atoms with Crippen LogP contribution in [-0.4, -0.2) is 27.1 Å². The third-order valence-electron chi connectivity index (χ3n) is 2.21. The molecule has 2 heterocycles. The fraction of sp³-hybridized carbons (Fsp3) is 0.182. The van der Waals surface area contributed by atoms with E-state index in [2.05, 4.69) is 10.9 Å². The van der Waals surface area contributed by atoms with E-state index in [4.69, 9.17) is 11.2 Å². The lowest BCUT2D eigenvalue weighted by atomic mass is 10.6. The van der Waals surface area contributed by atoms with Gasteiger partial charge in [0, 0.05) is 11.6 Å². The summed E-state index contributed by atoms with van der Waals surface area (Å²) in [4.78, 5) is 4.00. The Bertz CT molecular complexity index is 683. The molecule has 2 rings (SSSR count). The van der Waals surface area contributed by atoms with E-state index in [1.807, 2.05) is 0 Å². The highest BCUT2D eigenvalue weighted by atomic mass is 32.2. The van der Waals surface area contributed by atoms with Gasteiger partial charge in [0.25, 0.3) is 10.0 Å². The van der Waals surface area contributed by atoms with Gasteiger partial charge in [0.2, 0.25) is 0 Å². The highest BCUT2D eigenvalue weighted by molar-refractivity contribution is 7.95. The molecule has 0 fully saturated rings. The number of rotatable bonds is 5. The predicted molar refractivity (Wildman–Crippen MR) is 76.3 cm³/mol. The van der Waals surface area contributed by atoms with Gasteiger partial charge in [-0.1, -0.05) is 5.92 Å². The van der Waals surface area contributed by atoms with Gasteiger partial charge in [-0.15, -0.1) is 29.1 Å². The highest BCUT2D eigenvalue weighted by Crippen LogP contribution is 2.34. The predicted octanol–water partition coefficient (Wildman–Crippen LogP) is 2.04. The van der Waals surface area contributed by atoms with E-state index >= 15 is 0 Å². The number of methoxy groups -OCH3 is 1. The number of hydrogen-bond acceptors (Lipinski definition) is 6. The largest absolute Gasteiger partial charge is 0.494 e. The molecule has 19 heavy (non-hydrogen) atoms. The molecule has 0 aliphatic carbocycles. The molecule has 0 saturated carbocycles. The van der Waals surface area contributed by atoms with Gasteiger partial charge >= 0.3 is 0 Å². The average molecular weight is 314 g/mol. The van der Waals surface area contributed by atoms with Gasteiger partial charge in [-0.05, 0) is 11.4 Å². The second-order valence-corrected chi connectivity index (χ2v) is 7.15. The SMILES string of the molecule is C#CCN(c1nccs1)S(=O)(=O)c1sccc1OC. The van der Waals surface area contributed by atoms with Crippen LogP contribution in [0.3, 0.4) is 0 Å². The number of sulfonamides is 1. The number of thiazole rings is 1. The van der Waals surface area contributed by atoms with Crippen molar-refractivity contribution in [1.29, 1.82) is 0 Å². The average Bonchev–Trinajstić information content (AvgIpc) is 3.05. The maximum absolute atomic E-state index is 12.6. The smallest absolute Gasteiger partial charge is 0.280 e. The van der Waals surface area contributed by atoms with Gasteiger partial charge in [0.1, 0.15) is 5.75 Å². The van der Waals surface area contributed by atoms with Crippen molar-refractivity contribution >= 4 is 37.8 Å². The summed E-state index contributed by atoms with van der Waals surface area (Å²) in [6.45, 7) is -0.0725. The molecule has 8 heteroatoms. The first-order valence-corrected chi connectivity index (χ1v) is 8.28. The Kier molecular flexibility index (Phi) is 4.09. The molecule has 0 radical (unpaired) electrons. The lowest BCUT2D eigenvalue weighted by Gasteiger charge is -2.18. The molecular weight excluding hydrogens is 304 g/mol. The second-order valence-electron chi connectivity index (χ2n) is 3.31. The van der Waals surface area contributed by atoms with Crippen LogP contribution >= 0.6 is 22.7 Å². The van der Waals surface area contributed by atoms with E-state index in [1.165, 1.54) is 24.6 Å². The van der Waals surface area contributed by atoms with Crippen molar-refractivity contribution in [2.75, 3.05) is 18.0 Å². The van der Waals surface area contributed by atoms with E-state index in [-0.39, 0.29) is 10.8 Å². The fourth-order valence-electron chi connectivity index (χ4n) is 1.40. The van der Waals surface area contributed by atoms with Crippen LogP contribution in [0.4, 0.5) is 5.13 Å². The van der Waals surface area contributed by atoms with Crippen molar-refractivity contribution < 1.29 is 13.2 Å². The van der Waals surface area contributed by atoms with Crippen LogP contribution < -0.4 is 9.04 Å². The molecule has 2 aromatic rings. The van der Waals surface area contributed by atoms with Crippen molar-refractivity contribution in [2.45, 2.75) is 4.21 Å².